The minimum Gasteiger partial charge on any atom is -0.381 e. The molecule has 2 heterocycles. The Bertz CT molecular complexity index is 593. The molecule has 1 saturated heterocycles. The molecule has 1 N–H and O–H groups in total. The quantitative estimate of drug-likeness (QED) is 0.406. The smallest absolute Gasteiger partial charge is 0.193 e. The van der Waals surface area contributed by atoms with E-state index >= 15 is 0 Å². The Labute approximate surface area is 173 Å². The van der Waals surface area contributed by atoms with Crippen LogP contribution in [0.1, 0.15) is 42.0 Å². The van der Waals surface area contributed by atoms with Gasteiger partial charge in [0.25, 0.3) is 0 Å². The Hall–Kier alpha value is -0.340. The molecule has 1 fully saturated rings. The van der Waals surface area contributed by atoms with E-state index in [-0.39, 0.29) is 24.0 Å². The molecule has 0 bridgehead atoms. The van der Waals surface area contributed by atoms with Gasteiger partial charge in [-0.3, -0.25) is 4.99 Å². The molecule has 0 aromatic carbocycles. The van der Waals surface area contributed by atoms with Crippen molar-refractivity contribution in [1.82, 2.24) is 10.2 Å². The zero-order valence-electron chi connectivity index (χ0n) is 15.9. The summed E-state index contributed by atoms with van der Waals surface area (Å²) in [7, 11) is 3.99. The lowest BCUT2D eigenvalue weighted by molar-refractivity contribution is 0.181. The molecule has 1 aromatic rings. The molecule has 142 valence electrons. The number of thiophene rings is 1. The molecule has 4 nitrogen and oxygen atoms in total. The second-order valence-electron chi connectivity index (χ2n) is 8.01. The molecule has 0 amide bonds. The standard InChI is InChI=1S/C19H31N3OS.HI/c1-19(2)7-5-17-15(10-19)9-16(24-17)11-21-18(20-3)22(4)12-14-6-8-23-13-14;/h9,14H,5-8,10-13H2,1-4H3,(H,20,21);1H. The molecule has 0 radical (unpaired) electrons. The second kappa shape index (κ2) is 9.04. The van der Waals surface area contributed by atoms with E-state index < -0.39 is 0 Å². The Morgan fingerprint density at radius 1 is 1.48 bits per heavy atom. The third-order valence-corrected chi connectivity index (χ3v) is 6.43. The van der Waals surface area contributed by atoms with Gasteiger partial charge in [-0.2, -0.15) is 0 Å². The third kappa shape index (κ3) is 5.57. The van der Waals surface area contributed by atoms with Crippen molar-refractivity contribution in [3.8, 4) is 0 Å². The first-order chi connectivity index (χ1) is 11.5. The summed E-state index contributed by atoms with van der Waals surface area (Å²) >= 11 is 1.98. The van der Waals surface area contributed by atoms with Crippen molar-refractivity contribution >= 4 is 41.3 Å². The lowest BCUT2D eigenvalue weighted by Crippen LogP contribution is -2.41. The van der Waals surface area contributed by atoms with Gasteiger partial charge in [0.05, 0.1) is 13.2 Å². The normalized spacial score (nSPS) is 22.2. The molecular formula is C19H32IN3OS. The molecule has 6 heteroatoms. The van der Waals surface area contributed by atoms with E-state index in [4.69, 9.17) is 4.74 Å². The fourth-order valence-corrected chi connectivity index (χ4v) is 4.91. The minimum atomic E-state index is 0. The van der Waals surface area contributed by atoms with Crippen LogP contribution >= 0.6 is 35.3 Å². The van der Waals surface area contributed by atoms with Crippen LogP contribution in [0.2, 0.25) is 0 Å². The molecule has 1 aromatic heterocycles. The molecule has 2 aliphatic rings. The molecule has 1 unspecified atom stereocenters. The topological polar surface area (TPSA) is 36.9 Å². The molecule has 0 saturated carbocycles. The van der Waals surface area contributed by atoms with Crippen molar-refractivity contribution in [1.29, 1.82) is 0 Å². The van der Waals surface area contributed by atoms with Crippen molar-refractivity contribution < 1.29 is 4.74 Å². The maximum Gasteiger partial charge on any atom is 0.193 e. The van der Waals surface area contributed by atoms with Crippen LogP contribution in [-0.4, -0.2) is 44.7 Å². The van der Waals surface area contributed by atoms with E-state index in [9.17, 15) is 0 Å². The van der Waals surface area contributed by atoms with Crippen LogP contribution in [0, 0.1) is 11.3 Å². The van der Waals surface area contributed by atoms with Gasteiger partial charge in [-0.1, -0.05) is 13.8 Å². The number of hydrogen-bond donors (Lipinski definition) is 1. The Kier molecular flexibility index (Phi) is 7.58. The number of aliphatic imine (C=N–C) groups is 1. The van der Waals surface area contributed by atoms with E-state index in [2.05, 4.69) is 42.2 Å². The molecule has 1 aliphatic carbocycles. The van der Waals surface area contributed by atoms with Crippen molar-refractivity contribution in [3.63, 3.8) is 0 Å². The van der Waals surface area contributed by atoms with E-state index in [0.717, 1.165) is 38.7 Å². The molecule has 3 rings (SSSR count). The van der Waals surface area contributed by atoms with E-state index in [1.54, 1.807) is 10.4 Å². The Morgan fingerprint density at radius 2 is 2.28 bits per heavy atom. The largest absolute Gasteiger partial charge is 0.381 e. The molecule has 0 spiro atoms. The molecular weight excluding hydrogens is 445 g/mol. The van der Waals surface area contributed by atoms with E-state index in [1.807, 2.05) is 18.4 Å². The maximum absolute atomic E-state index is 5.48. The van der Waals surface area contributed by atoms with E-state index in [1.165, 1.54) is 24.1 Å². The highest BCUT2D eigenvalue weighted by atomic mass is 127. The van der Waals surface area contributed by atoms with Gasteiger partial charge in [0, 0.05) is 42.9 Å². The van der Waals surface area contributed by atoms with Gasteiger partial charge in [0.15, 0.2) is 5.96 Å². The highest BCUT2D eigenvalue weighted by Crippen LogP contribution is 2.38. The first-order valence-corrected chi connectivity index (χ1v) is 9.88. The Balaban J connectivity index is 0.00000225. The number of aryl methyl sites for hydroxylation is 1. The number of halogens is 1. The summed E-state index contributed by atoms with van der Waals surface area (Å²) in [6, 6.07) is 2.41. The average molecular weight is 477 g/mol. The maximum atomic E-state index is 5.48. The van der Waals surface area contributed by atoms with Gasteiger partial charge >= 0.3 is 0 Å². The van der Waals surface area contributed by atoms with Gasteiger partial charge in [0.2, 0.25) is 0 Å². The van der Waals surface area contributed by atoms with Crippen LogP contribution in [0.15, 0.2) is 11.1 Å². The number of nitrogens with one attached hydrogen (secondary N) is 1. The summed E-state index contributed by atoms with van der Waals surface area (Å²) in [6.45, 7) is 8.44. The average Bonchev–Trinajstić information content (AvgIpc) is 3.15. The predicted octanol–water partition coefficient (Wildman–Crippen LogP) is 3.92. The first-order valence-electron chi connectivity index (χ1n) is 9.07. The fourth-order valence-electron chi connectivity index (χ4n) is 3.78. The lowest BCUT2D eigenvalue weighted by Gasteiger charge is -2.29. The van der Waals surface area contributed by atoms with Crippen LogP contribution in [0.5, 0.6) is 0 Å². The molecule has 25 heavy (non-hydrogen) atoms. The summed E-state index contributed by atoms with van der Waals surface area (Å²) in [5.74, 6) is 1.61. The third-order valence-electron chi connectivity index (χ3n) is 5.20. The van der Waals surface area contributed by atoms with Crippen molar-refractivity contribution in [2.24, 2.45) is 16.3 Å². The summed E-state index contributed by atoms with van der Waals surface area (Å²) < 4.78 is 5.48. The lowest BCUT2D eigenvalue weighted by atomic mass is 9.77. The van der Waals surface area contributed by atoms with Crippen LogP contribution in [-0.2, 0) is 24.1 Å². The van der Waals surface area contributed by atoms with Crippen molar-refractivity contribution in [2.45, 2.75) is 46.1 Å². The summed E-state index contributed by atoms with van der Waals surface area (Å²) in [6.07, 6.45) is 4.93. The zero-order chi connectivity index (χ0) is 17.2. The number of hydrogen-bond acceptors (Lipinski definition) is 3. The first kappa shape index (κ1) is 21.0. The number of ether oxygens (including phenoxy) is 1. The highest BCUT2D eigenvalue weighted by molar-refractivity contribution is 14.0. The Morgan fingerprint density at radius 3 is 2.96 bits per heavy atom. The minimum absolute atomic E-state index is 0. The number of rotatable bonds is 4. The van der Waals surface area contributed by atoms with Crippen LogP contribution in [0.3, 0.4) is 0 Å². The zero-order valence-corrected chi connectivity index (χ0v) is 19.1. The van der Waals surface area contributed by atoms with Crippen LogP contribution < -0.4 is 5.32 Å². The van der Waals surface area contributed by atoms with Crippen molar-refractivity contribution in [2.75, 3.05) is 33.9 Å². The van der Waals surface area contributed by atoms with Gasteiger partial charge < -0.3 is 15.0 Å². The molecule has 1 atom stereocenters. The van der Waals surface area contributed by atoms with Gasteiger partial charge in [-0.05, 0) is 42.7 Å². The van der Waals surface area contributed by atoms with Crippen molar-refractivity contribution in [3.05, 3.63) is 21.4 Å². The molecule has 1 aliphatic heterocycles. The summed E-state index contributed by atoms with van der Waals surface area (Å²) in [5.41, 5.74) is 2.03. The summed E-state index contributed by atoms with van der Waals surface area (Å²) in [4.78, 5) is 9.70. The predicted molar refractivity (Wildman–Crippen MR) is 117 cm³/mol. The highest BCUT2D eigenvalue weighted by Gasteiger charge is 2.27. The number of nitrogens with zero attached hydrogens (tertiary/aromatic N) is 2. The number of fused-ring (bicyclic) bond motifs is 1. The number of guanidine groups is 1. The summed E-state index contributed by atoms with van der Waals surface area (Å²) in [5, 5.41) is 3.53. The van der Waals surface area contributed by atoms with E-state index in [0.29, 0.717) is 11.3 Å². The van der Waals surface area contributed by atoms with Crippen LogP contribution in [0.25, 0.3) is 0 Å². The van der Waals surface area contributed by atoms with Gasteiger partial charge in [-0.25, -0.2) is 0 Å². The van der Waals surface area contributed by atoms with Crippen LogP contribution in [0.4, 0.5) is 0 Å². The SMILES string of the molecule is CN=C(NCc1cc2c(s1)CCC(C)(C)C2)N(C)CC1CCOC1.I. The van der Waals surface area contributed by atoms with Gasteiger partial charge in [0.1, 0.15) is 0 Å². The second-order valence-corrected chi connectivity index (χ2v) is 9.23. The monoisotopic (exact) mass is 477 g/mol. The fraction of sp³-hybridized carbons (Fsp3) is 0.737. The van der Waals surface area contributed by atoms with Gasteiger partial charge in [-0.15, -0.1) is 35.3 Å².